The van der Waals surface area contributed by atoms with Crippen molar-refractivity contribution in [2.45, 2.75) is 38.7 Å². The normalized spacial score (nSPS) is 20.8. The van der Waals surface area contributed by atoms with Crippen LogP contribution in [0.3, 0.4) is 0 Å². The zero-order chi connectivity index (χ0) is 12.7. The van der Waals surface area contributed by atoms with E-state index in [-0.39, 0.29) is 5.41 Å². The lowest BCUT2D eigenvalue weighted by atomic mass is 9.82. The molecule has 1 aliphatic carbocycles. The molecule has 0 bridgehead atoms. The van der Waals surface area contributed by atoms with Gasteiger partial charge in [-0.25, -0.2) is 0 Å². The van der Waals surface area contributed by atoms with E-state index in [9.17, 15) is 5.11 Å². The van der Waals surface area contributed by atoms with Crippen molar-refractivity contribution < 1.29 is 9.84 Å². The zero-order valence-corrected chi connectivity index (χ0v) is 12.2. The van der Waals surface area contributed by atoms with Crippen LogP contribution in [0.2, 0.25) is 0 Å². The molecule has 3 heteroatoms. The van der Waals surface area contributed by atoms with Gasteiger partial charge in [0.1, 0.15) is 5.75 Å². The van der Waals surface area contributed by atoms with Gasteiger partial charge in [0.05, 0.1) is 12.7 Å². The molecular weight excluding hydrogens is 280 g/mol. The van der Waals surface area contributed by atoms with E-state index in [1.165, 1.54) is 0 Å². The Bertz CT molecular complexity index is 422. The van der Waals surface area contributed by atoms with E-state index >= 15 is 0 Å². The number of ether oxygens (including phenoxy) is 1. The van der Waals surface area contributed by atoms with Crippen LogP contribution in [0, 0.1) is 5.41 Å². The quantitative estimate of drug-likeness (QED) is 0.921. The first-order valence-corrected chi connectivity index (χ1v) is 6.72. The predicted octanol–water partition coefficient (Wildman–Crippen LogP) is 3.55. The molecule has 0 saturated heterocycles. The summed E-state index contributed by atoms with van der Waals surface area (Å²) in [5.41, 5.74) is 0.527. The van der Waals surface area contributed by atoms with Crippen molar-refractivity contribution in [1.29, 1.82) is 0 Å². The molecule has 0 amide bonds. The number of hydrogen-bond acceptors (Lipinski definition) is 2. The highest BCUT2D eigenvalue weighted by atomic mass is 79.9. The predicted molar refractivity (Wildman–Crippen MR) is 72.4 cm³/mol. The van der Waals surface area contributed by atoms with Gasteiger partial charge in [-0.3, -0.25) is 0 Å². The SMILES string of the molecule is COc1ccc(Br)c(CC(C)(O)C2(C)CC2)c1. The minimum Gasteiger partial charge on any atom is -0.497 e. The van der Waals surface area contributed by atoms with Crippen LogP contribution in [-0.2, 0) is 6.42 Å². The van der Waals surface area contributed by atoms with Crippen LogP contribution in [0.1, 0.15) is 32.3 Å². The first-order valence-electron chi connectivity index (χ1n) is 5.93. The van der Waals surface area contributed by atoms with Gasteiger partial charge in [-0.2, -0.15) is 0 Å². The fourth-order valence-corrected chi connectivity index (χ4v) is 2.51. The molecule has 1 unspecified atom stereocenters. The minimum absolute atomic E-state index is 0.0789. The monoisotopic (exact) mass is 298 g/mol. The van der Waals surface area contributed by atoms with Gasteiger partial charge >= 0.3 is 0 Å². The van der Waals surface area contributed by atoms with Gasteiger partial charge < -0.3 is 9.84 Å². The van der Waals surface area contributed by atoms with Crippen molar-refractivity contribution in [3.8, 4) is 5.75 Å². The zero-order valence-electron chi connectivity index (χ0n) is 10.6. The lowest BCUT2D eigenvalue weighted by Crippen LogP contribution is -2.36. The molecule has 2 rings (SSSR count). The lowest BCUT2D eigenvalue weighted by Gasteiger charge is -2.31. The summed E-state index contributed by atoms with van der Waals surface area (Å²) >= 11 is 3.53. The summed E-state index contributed by atoms with van der Waals surface area (Å²) in [4.78, 5) is 0. The van der Waals surface area contributed by atoms with Gasteiger partial charge in [-0.05, 0) is 48.9 Å². The molecule has 1 saturated carbocycles. The summed E-state index contributed by atoms with van der Waals surface area (Å²) < 4.78 is 6.25. The molecule has 17 heavy (non-hydrogen) atoms. The molecular formula is C14H19BrO2. The highest BCUT2D eigenvalue weighted by Gasteiger charge is 2.52. The smallest absolute Gasteiger partial charge is 0.119 e. The van der Waals surface area contributed by atoms with E-state index in [4.69, 9.17) is 4.74 Å². The number of hydrogen-bond donors (Lipinski definition) is 1. The van der Waals surface area contributed by atoms with Gasteiger partial charge in [0.15, 0.2) is 0 Å². The van der Waals surface area contributed by atoms with Gasteiger partial charge in [0.2, 0.25) is 0 Å². The Labute approximate surface area is 111 Å². The molecule has 1 fully saturated rings. The van der Waals surface area contributed by atoms with Crippen LogP contribution >= 0.6 is 15.9 Å². The third kappa shape index (κ3) is 2.50. The van der Waals surface area contributed by atoms with E-state index in [1.807, 2.05) is 25.1 Å². The van der Waals surface area contributed by atoms with Crippen LogP contribution in [0.15, 0.2) is 22.7 Å². The second-order valence-corrected chi connectivity index (χ2v) is 6.32. The molecule has 0 spiro atoms. The van der Waals surface area contributed by atoms with Crippen LogP contribution in [0.25, 0.3) is 0 Å². The van der Waals surface area contributed by atoms with Crippen LogP contribution in [-0.4, -0.2) is 17.8 Å². The summed E-state index contributed by atoms with van der Waals surface area (Å²) in [7, 11) is 1.66. The first kappa shape index (κ1) is 12.9. The Balaban J connectivity index is 2.23. The standard InChI is InChI=1S/C14H19BrO2/c1-13(6-7-13)14(2,16)9-10-8-11(17-3)4-5-12(10)15/h4-5,8,16H,6-7,9H2,1-3H3. The van der Waals surface area contributed by atoms with E-state index < -0.39 is 5.60 Å². The average molecular weight is 299 g/mol. The maximum Gasteiger partial charge on any atom is 0.119 e. The number of rotatable bonds is 4. The van der Waals surface area contributed by atoms with Gasteiger partial charge in [0, 0.05) is 10.9 Å². The Morgan fingerprint density at radius 3 is 2.65 bits per heavy atom. The Morgan fingerprint density at radius 2 is 2.12 bits per heavy atom. The summed E-state index contributed by atoms with van der Waals surface area (Å²) in [6.45, 7) is 4.09. The average Bonchev–Trinajstić information content (AvgIpc) is 3.01. The molecule has 1 aromatic rings. The lowest BCUT2D eigenvalue weighted by molar-refractivity contribution is -0.00718. The molecule has 0 heterocycles. The van der Waals surface area contributed by atoms with E-state index in [0.717, 1.165) is 28.6 Å². The Kier molecular flexibility index (Phi) is 3.25. The Morgan fingerprint density at radius 1 is 1.47 bits per heavy atom. The fraction of sp³-hybridized carbons (Fsp3) is 0.571. The number of aliphatic hydroxyl groups is 1. The number of benzene rings is 1. The third-order valence-electron chi connectivity index (χ3n) is 4.09. The maximum absolute atomic E-state index is 10.6. The van der Waals surface area contributed by atoms with Crippen molar-refractivity contribution >= 4 is 15.9 Å². The maximum atomic E-state index is 10.6. The molecule has 1 aliphatic rings. The summed E-state index contributed by atoms with van der Waals surface area (Å²) in [6.07, 6.45) is 2.88. The van der Waals surface area contributed by atoms with E-state index in [0.29, 0.717) is 6.42 Å². The van der Waals surface area contributed by atoms with Crippen molar-refractivity contribution in [1.82, 2.24) is 0 Å². The van der Waals surface area contributed by atoms with E-state index in [2.05, 4.69) is 22.9 Å². The van der Waals surface area contributed by atoms with Gasteiger partial charge in [-0.15, -0.1) is 0 Å². The number of halogens is 1. The minimum atomic E-state index is -0.651. The Hall–Kier alpha value is -0.540. The molecule has 0 aliphatic heterocycles. The summed E-state index contributed by atoms with van der Waals surface area (Å²) in [5, 5.41) is 10.6. The highest BCUT2D eigenvalue weighted by molar-refractivity contribution is 9.10. The largest absolute Gasteiger partial charge is 0.497 e. The van der Waals surface area contributed by atoms with Gasteiger partial charge in [-0.1, -0.05) is 22.9 Å². The summed E-state index contributed by atoms with van der Waals surface area (Å²) in [6, 6.07) is 5.88. The molecule has 0 radical (unpaired) electrons. The van der Waals surface area contributed by atoms with Gasteiger partial charge in [0.25, 0.3) is 0 Å². The van der Waals surface area contributed by atoms with Crippen LogP contribution in [0.4, 0.5) is 0 Å². The van der Waals surface area contributed by atoms with Crippen LogP contribution < -0.4 is 4.74 Å². The third-order valence-corrected chi connectivity index (χ3v) is 4.86. The number of methoxy groups -OCH3 is 1. The second-order valence-electron chi connectivity index (χ2n) is 5.47. The van der Waals surface area contributed by atoms with Crippen molar-refractivity contribution in [2.24, 2.45) is 5.41 Å². The van der Waals surface area contributed by atoms with Crippen molar-refractivity contribution in [3.05, 3.63) is 28.2 Å². The molecule has 1 atom stereocenters. The summed E-state index contributed by atoms with van der Waals surface area (Å²) in [5.74, 6) is 0.833. The van der Waals surface area contributed by atoms with E-state index in [1.54, 1.807) is 7.11 Å². The first-order chi connectivity index (χ1) is 7.88. The topological polar surface area (TPSA) is 29.5 Å². The molecule has 2 nitrogen and oxygen atoms in total. The molecule has 1 aromatic carbocycles. The van der Waals surface area contributed by atoms with Crippen molar-refractivity contribution in [2.75, 3.05) is 7.11 Å². The molecule has 94 valence electrons. The van der Waals surface area contributed by atoms with Crippen molar-refractivity contribution in [3.63, 3.8) is 0 Å². The second kappa shape index (κ2) is 4.29. The highest BCUT2D eigenvalue weighted by Crippen LogP contribution is 2.54. The fourth-order valence-electron chi connectivity index (χ4n) is 2.12. The van der Waals surface area contributed by atoms with Crippen LogP contribution in [0.5, 0.6) is 5.75 Å². The molecule has 1 N–H and O–H groups in total. The molecule has 0 aromatic heterocycles.